The largest absolute Gasteiger partial charge is 0.393 e. The Bertz CT molecular complexity index is 720. The number of hydrogen-bond donors (Lipinski definition) is 0. The maximum Gasteiger partial charge on any atom is 0.393 e. The molecule has 1 fully saturated rings. The van der Waals surface area contributed by atoms with E-state index in [2.05, 4.69) is 5.16 Å². The molecule has 1 saturated carbocycles. The van der Waals surface area contributed by atoms with Crippen molar-refractivity contribution in [2.24, 2.45) is 0 Å². The number of halogens is 4. The van der Waals surface area contributed by atoms with Gasteiger partial charge in [0.25, 0.3) is 0 Å². The number of carbonyl (C=O) groups is 1. The topological polar surface area (TPSA) is 43.1 Å². The van der Waals surface area contributed by atoms with E-state index in [0.29, 0.717) is 5.76 Å². The van der Waals surface area contributed by atoms with Gasteiger partial charge in [0, 0.05) is 16.5 Å². The third-order valence-electron chi connectivity index (χ3n) is 3.49. The normalized spacial score (nSPS) is 15.1. The van der Waals surface area contributed by atoms with Crippen LogP contribution in [0.25, 0.3) is 0 Å². The maximum absolute atomic E-state index is 12.7. The van der Waals surface area contributed by atoms with E-state index in [4.69, 9.17) is 16.1 Å². The Morgan fingerprint density at radius 3 is 2.68 bits per heavy atom. The molecule has 3 rings (SSSR count). The van der Waals surface area contributed by atoms with Crippen molar-refractivity contribution < 1.29 is 22.5 Å². The van der Waals surface area contributed by atoms with Crippen molar-refractivity contribution in [1.29, 1.82) is 0 Å². The Kier molecular flexibility index (Phi) is 3.72. The minimum atomic E-state index is -4.42. The van der Waals surface area contributed by atoms with E-state index in [0.717, 1.165) is 12.8 Å². The van der Waals surface area contributed by atoms with Crippen molar-refractivity contribution in [3.05, 3.63) is 51.9 Å². The zero-order chi connectivity index (χ0) is 15.9. The molecule has 1 aromatic carbocycles. The van der Waals surface area contributed by atoms with E-state index in [1.54, 1.807) is 0 Å². The molecule has 1 aromatic heterocycles. The average Bonchev–Trinajstić information content (AvgIpc) is 3.14. The smallest absolute Gasteiger partial charge is 0.360 e. The van der Waals surface area contributed by atoms with Crippen molar-refractivity contribution in [2.75, 3.05) is 0 Å². The summed E-state index contributed by atoms with van der Waals surface area (Å²) in [6.45, 7) is 0. The minimum absolute atomic E-state index is 0.0215. The van der Waals surface area contributed by atoms with Crippen LogP contribution in [0.1, 0.15) is 46.0 Å². The summed E-state index contributed by atoms with van der Waals surface area (Å²) in [7, 11) is 0. The third-order valence-corrected chi connectivity index (χ3v) is 3.73. The second-order valence-corrected chi connectivity index (χ2v) is 5.74. The lowest BCUT2D eigenvalue weighted by Gasteiger charge is -2.11. The van der Waals surface area contributed by atoms with Crippen LogP contribution in [0.5, 0.6) is 0 Å². The fourth-order valence-corrected chi connectivity index (χ4v) is 2.54. The molecule has 0 atom stereocenters. The SMILES string of the molecule is O=C(c1ccc(Cl)cc1CC(F)(F)F)c1cnoc1C1CC1. The number of hydrogen-bond acceptors (Lipinski definition) is 3. The molecule has 1 aliphatic carbocycles. The molecule has 7 heteroatoms. The molecule has 0 saturated heterocycles. The van der Waals surface area contributed by atoms with Crippen LogP contribution in [0.2, 0.25) is 5.02 Å². The lowest BCUT2D eigenvalue weighted by Crippen LogP contribution is -2.15. The van der Waals surface area contributed by atoms with E-state index in [1.807, 2.05) is 0 Å². The molecule has 0 amide bonds. The monoisotopic (exact) mass is 329 g/mol. The van der Waals surface area contributed by atoms with E-state index < -0.39 is 18.4 Å². The quantitative estimate of drug-likeness (QED) is 0.773. The molecule has 0 aliphatic heterocycles. The fraction of sp³-hybridized carbons (Fsp3) is 0.333. The number of alkyl halides is 3. The van der Waals surface area contributed by atoms with Gasteiger partial charge in [0.2, 0.25) is 0 Å². The number of rotatable bonds is 4. The molecule has 116 valence electrons. The standard InChI is InChI=1S/C15H11ClF3NO2/c16-10-3-4-11(9(5-10)6-15(17,18)19)13(21)12-7-20-22-14(12)8-1-2-8/h3-5,7-8H,1-2,6H2. The highest BCUT2D eigenvalue weighted by molar-refractivity contribution is 6.30. The van der Waals surface area contributed by atoms with E-state index >= 15 is 0 Å². The predicted octanol–water partition coefficient (Wildman–Crippen LogP) is 4.54. The van der Waals surface area contributed by atoms with Crippen LogP contribution in [-0.2, 0) is 6.42 Å². The van der Waals surface area contributed by atoms with Crippen molar-refractivity contribution in [3.63, 3.8) is 0 Å². The molecule has 1 aliphatic rings. The molecule has 2 aromatic rings. The molecule has 0 N–H and O–H groups in total. The van der Waals surface area contributed by atoms with Gasteiger partial charge in [0.05, 0.1) is 18.2 Å². The van der Waals surface area contributed by atoms with Gasteiger partial charge in [-0.1, -0.05) is 16.8 Å². The summed E-state index contributed by atoms with van der Waals surface area (Å²) in [6, 6.07) is 3.89. The molecular weight excluding hydrogens is 319 g/mol. The predicted molar refractivity (Wildman–Crippen MR) is 73.1 cm³/mol. The summed E-state index contributed by atoms with van der Waals surface area (Å²) in [5.41, 5.74) is 0.0630. The van der Waals surface area contributed by atoms with Crippen LogP contribution in [0, 0.1) is 0 Å². The number of ketones is 1. The van der Waals surface area contributed by atoms with Crippen molar-refractivity contribution in [2.45, 2.75) is 31.4 Å². The second-order valence-electron chi connectivity index (χ2n) is 5.30. The van der Waals surface area contributed by atoms with Gasteiger partial charge < -0.3 is 4.52 Å². The van der Waals surface area contributed by atoms with Gasteiger partial charge in [-0.05, 0) is 36.6 Å². The minimum Gasteiger partial charge on any atom is -0.360 e. The summed E-state index contributed by atoms with van der Waals surface area (Å²) in [4.78, 5) is 12.6. The number of carbonyl (C=O) groups excluding carboxylic acids is 1. The number of benzene rings is 1. The third kappa shape index (κ3) is 3.16. The first-order chi connectivity index (χ1) is 10.3. The van der Waals surface area contributed by atoms with Crippen LogP contribution in [-0.4, -0.2) is 17.1 Å². The first kappa shape index (κ1) is 15.1. The molecular formula is C15H11ClF3NO2. The maximum atomic E-state index is 12.7. The highest BCUT2D eigenvalue weighted by Gasteiger charge is 2.34. The van der Waals surface area contributed by atoms with E-state index in [1.165, 1.54) is 24.4 Å². The van der Waals surface area contributed by atoms with Crippen molar-refractivity contribution in [3.8, 4) is 0 Å². The van der Waals surface area contributed by atoms with E-state index in [9.17, 15) is 18.0 Å². The average molecular weight is 330 g/mol. The van der Waals surface area contributed by atoms with E-state index in [-0.39, 0.29) is 27.6 Å². The van der Waals surface area contributed by atoms with Gasteiger partial charge in [0.1, 0.15) is 0 Å². The summed E-state index contributed by atoms with van der Waals surface area (Å²) in [6.07, 6.45) is -2.58. The van der Waals surface area contributed by atoms with Gasteiger partial charge in [-0.15, -0.1) is 0 Å². The second kappa shape index (κ2) is 5.43. The van der Waals surface area contributed by atoms with Crippen molar-refractivity contribution in [1.82, 2.24) is 5.16 Å². The summed E-state index contributed by atoms with van der Waals surface area (Å²) in [5.74, 6) is 0.0804. The summed E-state index contributed by atoms with van der Waals surface area (Å²) >= 11 is 5.76. The number of nitrogens with zero attached hydrogens (tertiary/aromatic N) is 1. The van der Waals surface area contributed by atoms with Crippen LogP contribution in [0.3, 0.4) is 0 Å². The van der Waals surface area contributed by atoms with Crippen LogP contribution in [0.15, 0.2) is 28.9 Å². The summed E-state index contributed by atoms with van der Waals surface area (Å²) in [5, 5.41) is 3.76. The highest BCUT2D eigenvalue weighted by Crippen LogP contribution is 2.42. The molecule has 0 spiro atoms. The Morgan fingerprint density at radius 1 is 1.32 bits per heavy atom. The molecule has 3 nitrogen and oxygen atoms in total. The lowest BCUT2D eigenvalue weighted by atomic mass is 9.96. The van der Waals surface area contributed by atoms with Crippen molar-refractivity contribution >= 4 is 17.4 Å². The highest BCUT2D eigenvalue weighted by atomic mass is 35.5. The first-order valence-electron chi connectivity index (χ1n) is 6.69. The first-order valence-corrected chi connectivity index (χ1v) is 7.07. The molecule has 0 unspecified atom stereocenters. The van der Waals surface area contributed by atoms with Gasteiger partial charge in [0.15, 0.2) is 11.5 Å². The number of aromatic nitrogens is 1. The zero-order valence-electron chi connectivity index (χ0n) is 11.3. The zero-order valence-corrected chi connectivity index (χ0v) is 12.0. The van der Waals surface area contributed by atoms with Gasteiger partial charge in [-0.25, -0.2) is 0 Å². The molecule has 0 radical (unpaired) electrons. The molecule has 22 heavy (non-hydrogen) atoms. The Morgan fingerprint density at radius 2 is 2.05 bits per heavy atom. The Hall–Kier alpha value is -1.82. The summed E-state index contributed by atoms with van der Waals surface area (Å²) < 4.78 is 43.2. The van der Waals surface area contributed by atoms with Gasteiger partial charge in [-0.2, -0.15) is 13.2 Å². The van der Waals surface area contributed by atoms with Crippen LogP contribution in [0.4, 0.5) is 13.2 Å². The van der Waals surface area contributed by atoms with Crippen LogP contribution >= 0.6 is 11.6 Å². The fourth-order valence-electron chi connectivity index (χ4n) is 2.35. The lowest BCUT2D eigenvalue weighted by molar-refractivity contribution is -0.127. The Balaban J connectivity index is 1.99. The van der Waals surface area contributed by atoms with Crippen LogP contribution < -0.4 is 0 Å². The molecule has 0 bridgehead atoms. The Labute approximate surface area is 129 Å². The molecule has 1 heterocycles. The van der Waals surface area contributed by atoms with Gasteiger partial charge >= 0.3 is 6.18 Å². The van der Waals surface area contributed by atoms with Gasteiger partial charge in [-0.3, -0.25) is 4.79 Å².